The second-order valence-electron chi connectivity index (χ2n) is 7.21. The number of thioether (sulfide) groups is 1. The Morgan fingerprint density at radius 1 is 1.09 bits per heavy atom. The third-order valence-corrected chi connectivity index (χ3v) is 6.63. The second kappa shape index (κ2) is 10.8. The molecule has 1 atom stereocenters. The number of hydrogen-bond acceptors (Lipinski definition) is 5. The normalized spacial score (nSPS) is 12.0. The first-order valence-electron chi connectivity index (χ1n) is 9.93. The van der Waals surface area contributed by atoms with Crippen LogP contribution in [0.2, 0.25) is 15.1 Å². The predicted octanol–water partition coefficient (Wildman–Crippen LogP) is 6.75. The summed E-state index contributed by atoms with van der Waals surface area (Å²) in [6.07, 6.45) is -0.334. The third kappa shape index (κ3) is 6.10. The van der Waals surface area contributed by atoms with E-state index in [1.165, 1.54) is 11.8 Å². The first-order valence-corrected chi connectivity index (χ1v) is 12.0. The Balaban J connectivity index is 1.67. The lowest BCUT2D eigenvalue weighted by molar-refractivity contribution is -0.113. The molecule has 0 saturated heterocycles. The minimum atomic E-state index is -0.334. The molecule has 1 amide bonds. The molecule has 0 radical (unpaired) electrons. The van der Waals surface area contributed by atoms with E-state index in [1.807, 2.05) is 44.4 Å². The summed E-state index contributed by atoms with van der Waals surface area (Å²) >= 11 is 19.5. The van der Waals surface area contributed by atoms with Crippen molar-refractivity contribution >= 4 is 58.2 Å². The average molecular weight is 514 g/mol. The number of anilines is 1. The lowest BCUT2D eigenvalue weighted by Gasteiger charge is -2.17. The third-order valence-electron chi connectivity index (χ3n) is 4.63. The van der Waals surface area contributed by atoms with Crippen LogP contribution >= 0.6 is 46.6 Å². The maximum absolute atomic E-state index is 12.4. The van der Waals surface area contributed by atoms with Crippen molar-refractivity contribution in [3.63, 3.8) is 0 Å². The molecule has 32 heavy (non-hydrogen) atoms. The molecule has 0 saturated carbocycles. The van der Waals surface area contributed by atoms with Crippen molar-refractivity contribution < 1.29 is 9.53 Å². The van der Waals surface area contributed by atoms with E-state index in [4.69, 9.17) is 39.5 Å². The number of carbonyl (C=O) groups excluding carboxylic acids is 1. The van der Waals surface area contributed by atoms with Gasteiger partial charge in [-0.25, -0.2) is 0 Å². The van der Waals surface area contributed by atoms with E-state index in [0.717, 1.165) is 21.9 Å². The number of nitrogens with zero attached hydrogens (tertiary/aromatic N) is 3. The fourth-order valence-electron chi connectivity index (χ4n) is 3.19. The number of halogens is 3. The van der Waals surface area contributed by atoms with Crippen molar-refractivity contribution in [3.05, 3.63) is 62.4 Å². The molecule has 1 unspecified atom stereocenters. The zero-order valence-corrected chi connectivity index (χ0v) is 21.2. The molecule has 170 valence electrons. The van der Waals surface area contributed by atoms with Gasteiger partial charge in [0.1, 0.15) is 5.75 Å². The van der Waals surface area contributed by atoms with Crippen LogP contribution in [0.15, 0.2) is 35.5 Å². The summed E-state index contributed by atoms with van der Waals surface area (Å²) in [5.74, 6) is 1.36. The van der Waals surface area contributed by atoms with Gasteiger partial charge in [0, 0.05) is 27.3 Å². The molecule has 1 aromatic heterocycles. The minimum Gasteiger partial charge on any atom is -0.483 e. The van der Waals surface area contributed by atoms with Gasteiger partial charge in [-0.05, 0) is 69.2 Å². The summed E-state index contributed by atoms with van der Waals surface area (Å²) in [6, 6.07) is 8.69. The maximum Gasteiger partial charge on any atom is 0.234 e. The van der Waals surface area contributed by atoms with E-state index in [1.54, 1.807) is 18.2 Å². The van der Waals surface area contributed by atoms with Gasteiger partial charge in [-0.2, -0.15) is 0 Å². The smallest absolute Gasteiger partial charge is 0.234 e. The van der Waals surface area contributed by atoms with E-state index >= 15 is 0 Å². The summed E-state index contributed by atoms with van der Waals surface area (Å²) in [7, 11) is 0. The van der Waals surface area contributed by atoms with E-state index in [9.17, 15) is 4.79 Å². The van der Waals surface area contributed by atoms with Crippen LogP contribution in [0.3, 0.4) is 0 Å². The number of benzene rings is 2. The fraction of sp³-hybridized carbons (Fsp3) is 0.318. The van der Waals surface area contributed by atoms with Crippen LogP contribution in [0.5, 0.6) is 5.75 Å². The van der Waals surface area contributed by atoms with Crippen molar-refractivity contribution in [3.8, 4) is 5.75 Å². The van der Waals surface area contributed by atoms with Gasteiger partial charge in [0.25, 0.3) is 0 Å². The van der Waals surface area contributed by atoms with Gasteiger partial charge in [-0.15, -0.1) is 10.2 Å². The lowest BCUT2D eigenvalue weighted by atomic mass is 10.1. The summed E-state index contributed by atoms with van der Waals surface area (Å²) in [5.41, 5.74) is 2.45. The molecule has 0 aliphatic carbocycles. The zero-order chi connectivity index (χ0) is 23.4. The molecule has 10 heteroatoms. The molecule has 6 nitrogen and oxygen atoms in total. The summed E-state index contributed by atoms with van der Waals surface area (Å²) in [6.45, 7) is 8.44. The van der Waals surface area contributed by atoms with Crippen molar-refractivity contribution in [2.45, 2.75) is 45.5 Å². The number of amides is 1. The van der Waals surface area contributed by atoms with Crippen LogP contribution < -0.4 is 10.1 Å². The molecule has 0 aliphatic rings. The highest BCUT2D eigenvalue weighted by atomic mass is 35.5. The number of ether oxygens (including phenoxy) is 1. The Bertz CT molecular complexity index is 1090. The van der Waals surface area contributed by atoms with E-state index in [0.29, 0.717) is 33.3 Å². The van der Waals surface area contributed by atoms with Crippen LogP contribution in [-0.2, 0) is 11.3 Å². The Hall–Kier alpha value is -1.93. The molecular weight excluding hydrogens is 491 g/mol. The lowest BCUT2D eigenvalue weighted by Crippen LogP contribution is -2.15. The van der Waals surface area contributed by atoms with Gasteiger partial charge in [0.15, 0.2) is 17.1 Å². The van der Waals surface area contributed by atoms with Crippen LogP contribution in [0, 0.1) is 13.8 Å². The fourth-order valence-corrected chi connectivity index (χ4v) is 4.63. The molecule has 1 heterocycles. The predicted molar refractivity (Wildman–Crippen MR) is 131 cm³/mol. The molecule has 3 aromatic rings. The average Bonchev–Trinajstić information content (AvgIpc) is 3.12. The molecule has 2 aromatic carbocycles. The number of rotatable bonds is 8. The SMILES string of the molecule is CCn1c(SCC(=O)Nc2cc(Cl)cc(Cl)c2)nnc1C(C)Oc1cc(C)c(Cl)c(C)c1. The molecule has 0 bridgehead atoms. The summed E-state index contributed by atoms with van der Waals surface area (Å²) < 4.78 is 8.04. The molecular formula is C22H23Cl3N4O2S. The summed E-state index contributed by atoms with van der Waals surface area (Å²) in [4.78, 5) is 12.4. The van der Waals surface area contributed by atoms with Crippen molar-refractivity contribution in [2.24, 2.45) is 0 Å². The van der Waals surface area contributed by atoms with Crippen molar-refractivity contribution in [1.82, 2.24) is 14.8 Å². The zero-order valence-electron chi connectivity index (χ0n) is 18.1. The molecule has 0 spiro atoms. The number of aryl methyl sites for hydroxylation is 2. The first-order chi connectivity index (χ1) is 15.2. The Labute approximate surface area is 206 Å². The Morgan fingerprint density at radius 2 is 1.72 bits per heavy atom. The van der Waals surface area contributed by atoms with Gasteiger partial charge >= 0.3 is 0 Å². The topological polar surface area (TPSA) is 69.0 Å². The number of aromatic nitrogens is 3. The molecule has 0 fully saturated rings. The van der Waals surface area contributed by atoms with Crippen LogP contribution in [-0.4, -0.2) is 26.4 Å². The van der Waals surface area contributed by atoms with Crippen molar-refractivity contribution in [1.29, 1.82) is 0 Å². The number of hydrogen-bond donors (Lipinski definition) is 1. The highest BCUT2D eigenvalue weighted by molar-refractivity contribution is 7.99. The second-order valence-corrected chi connectivity index (χ2v) is 9.40. The number of carbonyl (C=O) groups is 1. The molecule has 3 rings (SSSR count). The van der Waals surface area contributed by atoms with Gasteiger partial charge in [-0.3, -0.25) is 4.79 Å². The largest absolute Gasteiger partial charge is 0.483 e. The Kier molecular flexibility index (Phi) is 8.33. The number of nitrogens with one attached hydrogen (secondary N) is 1. The minimum absolute atomic E-state index is 0.160. The van der Waals surface area contributed by atoms with Crippen LogP contribution in [0.1, 0.15) is 36.9 Å². The monoisotopic (exact) mass is 512 g/mol. The van der Waals surface area contributed by atoms with Crippen LogP contribution in [0.4, 0.5) is 5.69 Å². The van der Waals surface area contributed by atoms with Crippen LogP contribution in [0.25, 0.3) is 0 Å². The van der Waals surface area contributed by atoms with Crippen molar-refractivity contribution in [2.75, 3.05) is 11.1 Å². The maximum atomic E-state index is 12.4. The van der Waals surface area contributed by atoms with Gasteiger partial charge in [-0.1, -0.05) is 46.6 Å². The molecule has 1 N–H and O–H groups in total. The first kappa shape index (κ1) is 24.7. The highest BCUT2D eigenvalue weighted by Gasteiger charge is 2.20. The standard InChI is InChI=1S/C22H23Cl3N4O2S/c1-5-29-21(14(4)31-18-6-12(2)20(25)13(3)7-18)27-28-22(29)32-11-19(30)26-17-9-15(23)8-16(24)10-17/h6-10,14H,5,11H2,1-4H3,(H,26,30). The quantitative estimate of drug-likeness (QED) is 0.338. The van der Waals surface area contributed by atoms with E-state index in [-0.39, 0.29) is 17.8 Å². The van der Waals surface area contributed by atoms with E-state index < -0.39 is 0 Å². The van der Waals surface area contributed by atoms with E-state index in [2.05, 4.69) is 15.5 Å². The molecule has 0 aliphatic heterocycles. The van der Waals surface area contributed by atoms with Gasteiger partial charge < -0.3 is 14.6 Å². The van der Waals surface area contributed by atoms with Gasteiger partial charge in [0.05, 0.1) is 5.75 Å². The Morgan fingerprint density at radius 3 is 2.31 bits per heavy atom. The highest BCUT2D eigenvalue weighted by Crippen LogP contribution is 2.30. The van der Waals surface area contributed by atoms with Gasteiger partial charge in [0.2, 0.25) is 5.91 Å². The summed E-state index contributed by atoms with van der Waals surface area (Å²) in [5, 5.41) is 13.6.